The van der Waals surface area contributed by atoms with Gasteiger partial charge in [0.05, 0.1) is 12.8 Å². The van der Waals surface area contributed by atoms with Crippen molar-refractivity contribution in [1.29, 1.82) is 0 Å². The highest BCUT2D eigenvalue weighted by Crippen LogP contribution is 2.31. The molecule has 0 saturated carbocycles. The van der Waals surface area contributed by atoms with Gasteiger partial charge in [0, 0.05) is 17.5 Å². The van der Waals surface area contributed by atoms with Crippen molar-refractivity contribution in [2.45, 2.75) is 34.1 Å². The summed E-state index contributed by atoms with van der Waals surface area (Å²) in [5, 5.41) is 3.49. The molecule has 1 N–H and O–H groups in total. The number of ether oxygens (including phenoxy) is 1. The first kappa shape index (κ1) is 14.8. The van der Waals surface area contributed by atoms with E-state index in [0.29, 0.717) is 22.9 Å². The zero-order chi connectivity index (χ0) is 13.9. The Hall–Kier alpha value is -1.22. The Labute approximate surface area is 113 Å². The third-order valence-corrected chi connectivity index (χ3v) is 2.85. The van der Waals surface area contributed by atoms with Crippen LogP contribution in [0.3, 0.4) is 0 Å². The molecule has 1 amide bonds. The van der Waals surface area contributed by atoms with E-state index in [-0.39, 0.29) is 11.3 Å². The van der Waals surface area contributed by atoms with E-state index in [9.17, 15) is 4.79 Å². The highest BCUT2D eigenvalue weighted by molar-refractivity contribution is 6.31. The number of carbonyl (C=O) groups is 1. The summed E-state index contributed by atoms with van der Waals surface area (Å²) in [6.45, 7) is 7.96. The molecule has 100 valence electrons. The van der Waals surface area contributed by atoms with Gasteiger partial charge in [0.2, 0.25) is 5.91 Å². The molecule has 0 unspecified atom stereocenters. The smallest absolute Gasteiger partial charge is 0.224 e. The zero-order valence-corrected chi connectivity index (χ0v) is 12.3. The molecule has 3 nitrogen and oxygen atoms in total. The number of methoxy groups -OCH3 is 1. The van der Waals surface area contributed by atoms with Gasteiger partial charge in [-0.3, -0.25) is 4.79 Å². The molecule has 0 fully saturated rings. The van der Waals surface area contributed by atoms with Crippen LogP contribution < -0.4 is 10.1 Å². The van der Waals surface area contributed by atoms with E-state index >= 15 is 0 Å². The van der Waals surface area contributed by atoms with Crippen molar-refractivity contribution in [3.05, 3.63) is 22.7 Å². The number of hydrogen-bond acceptors (Lipinski definition) is 2. The Kier molecular flexibility index (Phi) is 4.63. The summed E-state index contributed by atoms with van der Waals surface area (Å²) < 4.78 is 5.21. The third-order valence-electron chi connectivity index (χ3n) is 2.45. The van der Waals surface area contributed by atoms with Gasteiger partial charge in [-0.2, -0.15) is 0 Å². The molecule has 1 aromatic rings. The van der Waals surface area contributed by atoms with Gasteiger partial charge in [0.1, 0.15) is 5.75 Å². The minimum atomic E-state index is -0.0429. The standard InChI is InChI=1S/C14H20ClNO2/c1-9-6-11(12(18-5)7-10(9)15)16-13(17)8-14(2,3)4/h6-7H,8H2,1-5H3,(H,16,17). The Bertz CT molecular complexity index is 450. The lowest BCUT2D eigenvalue weighted by Gasteiger charge is -2.18. The maximum absolute atomic E-state index is 11.9. The lowest BCUT2D eigenvalue weighted by Crippen LogP contribution is -2.20. The van der Waals surface area contributed by atoms with Crippen molar-refractivity contribution in [1.82, 2.24) is 0 Å². The first-order valence-electron chi connectivity index (χ1n) is 5.87. The molecule has 0 atom stereocenters. The Morgan fingerprint density at radius 3 is 2.50 bits per heavy atom. The highest BCUT2D eigenvalue weighted by atomic mass is 35.5. The molecule has 0 radical (unpaired) electrons. The van der Waals surface area contributed by atoms with E-state index < -0.39 is 0 Å². The van der Waals surface area contributed by atoms with Crippen LogP contribution >= 0.6 is 11.6 Å². The lowest BCUT2D eigenvalue weighted by molar-refractivity contribution is -0.117. The molecule has 0 saturated heterocycles. The second-order valence-electron chi connectivity index (χ2n) is 5.59. The summed E-state index contributed by atoms with van der Waals surface area (Å²) in [4.78, 5) is 11.9. The van der Waals surface area contributed by atoms with Gasteiger partial charge < -0.3 is 10.1 Å². The average molecular weight is 270 g/mol. The Morgan fingerprint density at radius 2 is 2.00 bits per heavy atom. The molecule has 18 heavy (non-hydrogen) atoms. The first-order chi connectivity index (χ1) is 8.23. The predicted octanol–water partition coefficient (Wildman–Crippen LogP) is 4.03. The molecule has 4 heteroatoms. The van der Waals surface area contributed by atoms with Crippen molar-refractivity contribution < 1.29 is 9.53 Å². The predicted molar refractivity (Wildman–Crippen MR) is 75.4 cm³/mol. The monoisotopic (exact) mass is 269 g/mol. The SMILES string of the molecule is COc1cc(Cl)c(C)cc1NC(=O)CC(C)(C)C. The normalized spacial score (nSPS) is 11.2. The van der Waals surface area contributed by atoms with Gasteiger partial charge in [-0.1, -0.05) is 32.4 Å². The fourth-order valence-corrected chi connectivity index (χ4v) is 1.76. The molecular weight excluding hydrogens is 250 g/mol. The summed E-state index contributed by atoms with van der Waals surface area (Å²) in [7, 11) is 1.56. The van der Waals surface area contributed by atoms with Crippen LogP contribution in [0, 0.1) is 12.3 Å². The number of benzene rings is 1. The van der Waals surface area contributed by atoms with Crippen LogP contribution in [-0.2, 0) is 4.79 Å². The number of hydrogen-bond donors (Lipinski definition) is 1. The molecule has 0 aliphatic carbocycles. The lowest BCUT2D eigenvalue weighted by atomic mass is 9.92. The number of anilines is 1. The summed E-state index contributed by atoms with van der Waals surface area (Å²) in [6, 6.07) is 3.53. The largest absolute Gasteiger partial charge is 0.495 e. The van der Waals surface area contributed by atoms with Crippen molar-refractivity contribution in [3.63, 3.8) is 0 Å². The van der Waals surface area contributed by atoms with Crippen molar-refractivity contribution >= 4 is 23.2 Å². The number of amides is 1. The molecule has 0 bridgehead atoms. The fourth-order valence-electron chi connectivity index (χ4n) is 1.61. The maximum Gasteiger partial charge on any atom is 0.224 e. The van der Waals surface area contributed by atoms with Crippen molar-refractivity contribution in [2.75, 3.05) is 12.4 Å². The Balaban J connectivity index is 2.90. The van der Waals surface area contributed by atoms with Gasteiger partial charge in [-0.25, -0.2) is 0 Å². The number of nitrogens with one attached hydrogen (secondary N) is 1. The number of rotatable bonds is 3. The quantitative estimate of drug-likeness (QED) is 0.900. The second-order valence-corrected chi connectivity index (χ2v) is 5.99. The second kappa shape index (κ2) is 5.61. The molecule has 0 heterocycles. The molecule has 0 aromatic heterocycles. The molecular formula is C14H20ClNO2. The minimum Gasteiger partial charge on any atom is -0.495 e. The van der Waals surface area contributed by atoms with Gasteiger partial charge >= 0.3 is 0 Å². The van der Waals surface area contributed by atoms with Crippen LogP contribution in [0.1, 0.15) is 32.8 Å². The molecule has 0 aliphatic heterocycles. The van der Waals surface area contributed by atoms with E-state index in [1.54, 1.807) is 13.2 Å². The third kappa shape index (κ3) is 4.22. The molecule has 0 aliphatic rings. The highest BCUT2D eigenvalue weighted by Gasteiger charge is 2.17. The number of halogens is 1. The van der Waals surface area contributed by atoms with Crippen molar-refractivity contribution in [3.8, 4) is 5.75 Å². The topological polar surface area (TPSA) is 38.3 Å². The van der Waals surface area contributed by atoms with Crippen LogP contribution in [-0.4, -0.2) is 13.0 Å². The van der Waals surface area contributed by atoms with Crippen molar-refractivity contribution in [2.24, 2.45) is 5.41 Å². The average Bonchev–Trinajstić information content (AvgIpc) is 2.20. The molecule has 1 rings (SSSR count). The Morgan fingerprint density at radius 1 is 1.39 bits per heavy atom. The minimum absolute atomic E-state index is 0.0254. The number of carbonyl (C=O) groups excluding carboxylic acids is 1. The van der Waals surface area contributed by atoms with E-state index in [2.05, 4.69) is 5.32 Å². The van der Waals surface area contributed by atoms with Crippen LogP contribution in [0.2, 0.25) is 5.02 Å². The molecule has 0 spiro atoms. The fraction of sp³-hybridized carbons (Fsp3) is 0.500. The summed E-state index contributed by atoms with van der Waals surface area (Å²) in [6.07, 6.45) is 0.456. The zero-order valence-electron chi connectivity index (χ0n) is 11.6. The number of aryl methyl sites for hydroxylation is 1. The van der Waals surface area contributed by atoms with Gasteiger partial charge in [-0.05, 0) is 24.0 Å². The van der Waals surface area contributed by atoms with E-state index in [4.69, 9.17) is 16.3 Å². The van der Waals surface area contributed by atoms with E-state index in [0.717, 1.165) is 5.56 Å². The molecule has 1 aromatic carbocycles. The van der Waals surface area contributed by atoms with Crippen LogP contribution in [0.5, 0.6) is 5.75 Å². The van der Waals surface area contributed by atoms with Crippen LogP contribution in [0.25, 0.3) is 0 Å². The van der Waals surface area contributed by atoms with Gasteiger partial charge in [0.25, 0.3) is 0 Å². The maximum atomic E-state index is 11.9. The first-order valence-corrected chi connectivity index (χ1v) is 6.25. The van der Waals surface area contributed by atoms with E-state index in [1.807, 2.05) is 33.8 Å². The summed E-state index contributed by atoms with van der Waals surface area (Å²) in [5.74, 6) is 0.551. The van der Waals surface area contributed by atoms with Gasteiger partial charge in [0.15, 0.2) is 0 Å². The van der Waals surface area contributed by atoms with Gasteiger partial charge in [-0.15, -0.1) is 0 Å². The van der Waals surface area contributed by atoms with Crippen LogP contribution in [0.15, 0.2) is 12.1 Å². The van der Waals surface area contributed by atoms with E-state index in [1.165, 1.54) is 0 Å². The summed E-state index contributed by atoms with van der Waals surface area (Å²) >= 11 is 6.01. The summed E-state index contributed by atoms with van der Waals surface area (Å²) in [5.41, 5.74) is 1.52. The van der Waals surface area contributed by atoms with Crippen LogP contribution in [0.4, 0.5) is 5.69 Å².